The zero-order valence-electron chi connectivity index (χ0n) is 16.6. The summed E-state index contributed by atoms with van der Waals surface area (Å²) in [5.74, 6) is 0.992. The van der Waals surface area contributed by atoms with E-state index >= 15 is 0 Å². The van der Waals surface area contributed by atoms with Crippen LogP contribution >= 0.6 is 0 Å². The van der Waals surface area contributed by atoms with Crippen LogP contribution in [-0.4, -0.2) is 62.8 Å². The highest BCUT2D eigenvalue weighted by atomic mass is 16.5. The Labute approximate surface area is 169 Å². The van der Waals surface area contributed by atoms with Crippen LogP contribution in [0.2, 0.25) is 0 Å². The van der Waals surface area contributed by atoms with E-state index in [9.17, 15) is 4.79 Å². The molecule has 0 aliphatic carbocycles. The van der Waals surface area contributed by atoms with Crippen LogP contribution in [0.1, 0.15) is 18.7 Å². The van der Waals surface area contributed by atoms with Crippen LogP contribution in [-0.2, 0) is 23.0 Å². The lowest BCUT2D eigenvalue weighted by atomic mass is 9.90. The van der Waals surface area contributed by atoms with Gasteiger partial charge in [-0.1, -0.05) is 12.1 Å². The molecule has 0 unspecified atom stereocenters. The van der Waals surface area contributed by atoms with Crippen molar-refractivity contribution in [2.75, 3.05) is 26.3 Å². The van der Waals surface area contributed by atoms with Gasteiger partial charge < -0.3 is 4.74 Å². The summed E-state index contributed by atoms with van der Waals surface area (Å²) in [7, 11) is 1.90. The lowest BCUT2D eigenvalue weighted by molar-refractivity contribution is -0.125. The maximum Gasteiger partial charge on any atom is 0.143 e. The fourth-order valence-electron chi connectivity index (χ4n) is 4.22. The van der Waals surface area contributed by atoms with E-state index in [1.54, 1.807) is 4.68 Å². The Hall–Kier alpha value is -2.64. The molecular formula is C22H25N5O2. The molecular weight excluding hydrogens is 366 g/mol. The van der Waals surface area contributed by atoms with E-state index in [1.165, 1.54) is 0 Å². The molecule has 0 amide bonds. The molecule has 1 aromatic carbocycles. The summed E-state index contributed by atoms with van der Waals surface area (Å²) >= 11 is 0. The molecule has 2 saturated heterocycles. The van der Waals surface area contributed by atoms with Crippen LogP contribution in [0.25, 0.3) is 22.0 Å². The number of benzene rings is 1. The number of hydrogen-bond donors (Lipinski definition) is 0. The minimum Gasteiger partial charge on any atom is -0.378 e. The van der Waals surface area contributed by atoms with Crippen LogP contribution < -0.4 is 0 Å². The number of rotatable bonds is 5. The number of hydrogen-bond acceptors (Lipinski definition) is 6. The van der Waals surface area contributed by atoms with Crippen molar-refractivity contribution in [1.82, 2.24) is 24.6 Å². The summed E-state index contributed by atoms with van der Waals surface area (Å²) in [5, 5.41) is 5.21. The Balaban J connectivity index is 1.28. The number of nitrogens with zero attached hydrogens (tertiary/aromatic N) is 5. The highest BCUT2D eigenvalue weighted by molar-refractivity contribution is 5.85. The Morgan fingerprint density at radius 2 is 2.00 bits per heavy atom. The third kappa shape index (κ3) is 3.80. The van der Waals surface area contributed by atoms with Crippen molar-refractivity contribution in [2.24, 2.45) is 13.0 Å². The molecule has 7 nitrogen and oxygen atoms in total. The predicted molar refractivity (Wildman–Crippen MR) is 109 cm³/mol. The molecule has 5 rings (SSSR count). The average molecular weight is 391 g/mol. The number of Topliss-reactive ketones (excluding diaryl/α,β-unsaturated/α-hetero) is 1. The van der Waals surface area contributed by atoms with Gasteiger partial charge in [-0.2, -0.15) is 5.10 Å². The van der Waals surface area contributed by atoms with E-state index in [2.05, 4.69) is 26.0 Å². The van der Waals surface area contributed by atoms with Crippen LogP contribution in [0.4, 0.5) is 0 Å². The molecule has 0 radical (unpaired) electrons. The predicted octanol–water partition coefficient (Wildman–Crippen LogP) is 2.25. The van der Waals surface area contributed by atoms with Crippen molar-refractivity contribution in [1.29, 1.82) is 0 Å². The van der Waals surface area contributed by atoms with Gasteiger partial charge in [0.15, 0.2) is 0 Å². The second kappa shape index (κ2) is 7.65. The number of carbonyl (C=O) groups is 1. The summed E-state index contributed by atoms with van der Waals surface area (Å²) in [6, 6.07) is 6.67. The Bertz CT molecular complexity index is 1030. The molecule has 0 atom stereocenters. The molecule has 2 aliphatic rings. The normalized spacial score (nSPS) is 18.8. The highest BCUT2D eigenvalue weighted by Gasteiger charge is 2.32. The number of piperidine rings is 1. The molecule has 3 aromatic rings. The number of ketones is 1. The van der Waals surface area contributed by atoms with Gasteiger partial charge in [0, 0.05) is 36.3 Å². The first-order chi connectivity index (χ1) is 14.2. The van der Waals surface area contributed by atoms with Gasteiger partial charge >= 0.3 is 0 Å². The molecule has 7 heteroatoms. The number of likely N-dealkylation sites (tertiary alicyclic amines) is 1. The number of aromatic nitrogens is 4. The van der Waals surface area contributed by atoms with E-state index in [0.717, 1.165) is 61.2 Å². The highest BCUT2D eigenvalue weighted by Crippen LogP contribution is 2.25. The largest absolute Gasteiger partial charge is 0.378 e. The van der Waals surface area contributed by atoms with E-state index < -0.39 is 0 Å². The van der Waals surface area contributed by atoms with Crippen LogP contribution in [0, 0.1) is 5.92 Å². The van der Waals surface area contributed by atoms with Gasteiger partial charge in [0.1, 0.15) is 11.6 Å². The minimum atomic E-state index is 0.119. The van der Waals surface area contributed by atoms with Crippen LogP contribution in [0.15, 0.2) is 36.8 Å². The molecule has 4 heterocycles. The molecule has 2 aliphatic heterocycles. The van der Waals surface area contributed by atoms with E-state index in [1.807, 2.05) is 37.8 Å². The Morgan fingerprint density at radius 1 is 1.17 bits per heavy atom. The monoisotopic (exact) mass is 391 g/mol. The van der Waals surface area contributed by atoms with Crippen molar-refractivity contribution in [3.63, 3.8) is 0 Å². The van der Waals surface area contributed by atoms with Crippen LogP contribution in [0.5, 0.6) is 0 Å². The number of fused-ring (bicyclic) bond motifs is 1. The lowest BCUT2D eigenvalue weighted by Crippen LogP contribution is -2.52. The maximum absolute atomic E-state index is 12.8. The van der Waals surface area contributed by atoms with Crippen LogP contribution in [0.3, 0.4) is 0 Å². The number of carbonyl (C=O) groups excluding carboxylic acids is 1. The third-order valence-electron chi connectivity index (χ3n) is 6.12. The molecule has 2 fully saturated rings. The molecule has 0 spiro atoms. The van der Waals surface area contributed by atoms with Gasteiger partial charge in [0.2, 0.25) is 0 Å². The maximum atomic E-state index is 12.8. The van der Waals surface area contributed by atoms with Crippen molar-refractivity contribution < 1.29 is 9.53 Å². The minimum absolute atomic E-state index is 0.119. The SMILES string of the molecule is Cn1cc(-c2ccc3cnc(CC(=O)C4CCN(C5COC5)CC4)nc3c2)cn1. The first kappa shape index (κ1) is 18.4. The van der Waals surface area contributed by atoms with Crippen molar-refractivity contribution in [3.8, 4) is 11.1 Å². The van der Waals surface area contributed by atoms with E-state index in [0.29, 0.717) is 18.3 Å². The summed E-state index contributed by atoms with van der Waals surface area (Å²) in [6.07, 6.45) is 7.80. The second-order valence-corrected chi connectivity index (χ2v) is 8.11. The fraction of sp³-hybridized carbons (Fsp3) is 0.455. The summed E-state index contributed by atoms with van der Waals surface area (Å²) < 4.78 is 7.07. The fourth-order valence-corrected chi connectivity index (χ4v) is 4.22. The summed E-state index contributed by atoms with van der Waals surface area (Å²) in [6.45, 7) is 3.64. The van der Waals surface area contributed by atoms with Crippen molar-refractivity contribution in [2.45, 2.75) is 25.3 Å². The zero-order valence-corrected chi connectivity index (χ0v) is 16.6. The molecule has 0 saturated carbocycles. The van der Waals surface area contributed by atoms with Gasteiger partial charge in [-0.15, -0.1) is 0 Å². The standard InChI is InChI=1S/C22H25N5O2/c1-26-12-18(11-24-26)16-2-3-17-10-23-22(25-20(17)8-16)9-21(28)15-4-6-27(7-5-15)19-13-29-14-19/h2-3,8,10-12,15,19H,4-7,9,13-14H2,1H3. The summed E-state index contributed by atoms with van der Waals surface area (Å²) in [4.78, 5) is 24.4. The molecule has 29 heavy (non-hydrogen) atoms. The van der Waals surface area contributed by atoms with E-state index in [-0.39, 0.29) is 11.7 Å². The molecule has 150 valence electrons. The van der Waals surface area contributed by atoms with E-state index in [4.69, 9.17) is 4.74 Å². The first-order valence-electron chi connectivity index (χ1n) is 10.2. The van der Waals surface area contributed by atoms with Gasteiger partial charge in [-0.05, 0) is 37.6 Å². The van der Waals surface area contributed by atoms with Gasteiger partial charge in [0.25, 0.3) is 0 Å². The Kier molecular flexibility index (Phi) is 4.85. The van der Waals surface area contributed by atoms with Gasteiger partial charge in [0.05, 0.1) is 37.4 Å². The Morgan fingerprint density at radius 3 is 2.69 bits per heavy atom. The molecule has 0 bridgehead atoms. The smallest absolute Gasteiger partial charge is 0.143 e. The van der Waals surface area contributed by atoms with Gasteiger partial charge in [-0.25, -0.2) is 9.97 Å². The average Bonchev–Trinajstić information content (AvgIpc) is 3.13. The first-order valence-corrected chi connectivity index (χ1v) is 10.2. The lowest BCUT2D eigenvalue weighted by Gasteiger charge is -2.41. The summed E-state index contributed by atoms with van der Waals surface area (Å²) in [5.41, 5.74) is 2.98. The quantitative estimate of drug-likeness (QED) is 0.664. The van der Waals surface area contributed by atoms with Crippen molar-refractivity contribution in [3.05, 3.63) is 42.6 Å². The molecule has 2 aromatic heterocycles. The number of aryl methyl sites for hydroxylation is 1. The van der Waals surface area contributed by atoms with Crippen molar-refractivity contribution >= 4 is 16.7 Å². The molecule has 0 N–H and O–H groups in total. The third-order valence-corrected chi connectivity index (χ3v) is 6.12. The number of ether oxygens (including phenoxy) is 1. The second-order valence-electron chi connectivity index (χ2n) is 8.11. The van der Waals surface area contributed by atoms with Gasteiger partial charge in [-0.3, -0.25) is 14.4 Å². The topological polar surface area (TPSA) is 73.1 Å². The zero-order chi connectivity index (χ0) is 19.8.